The number of ether oxygens (including phenoxy) is 3. The van der Waals surface area contributed by atoms with Gasteiger partial charge in [-0.15, -0.1) is 0 Å². The number of rotatable bonds is 5. The van der Waals surface area contributed by atoms with Gasteiger partial charge in [0.2, 0.25) is 0 Å². The Bertz CT molecular complexity index is 1330. The summed E-state index contributed by atoms with van der Waals surface area (Å²) in [6.45, 7) is 0.939. The second-order valence-electron chi connectivity index (χ2n) is 8.20. The third kappa shape index (κ3) is 4.03. The fourth-order valence-corrected chi connectivity index (χ4v) is 4.38. The number of phenolic OH excluding ortho intramolecular Hbond substituents is 1. The number of phenols is 1. The molecule has 0 radical (unpaired) electrons. The normalized spacial score (nSPS) is 18.5. The van der Waals surface area contributed by atoms with Crippen molar-refractivity contribution < 1.29 is 34.0 Å². The molecular weight excluding hydrogens is 450 g/mol. The van der Waals surface area contributed by atoms with Crippen molar-refractivity contribution in [1.82, 2.24) is 4.90 Å². The largest absolute Gasteiger partial charge is 0.507 e. The first-order valence-corrected chi connectivity index (χ1v) is 11.1. The van der Waals surface area contributed by atoms with E-state index in [0.29, 0.717) is 35.8 Å². The molecule has 1 amide bonds. The zero-order valence-corrected chi connectivity index (χ0v) is 18.9. The monoisotopic (exact) mass is 473 g/mol. The molecule has 8 nitrogen and oxygen atoms in total. The summed E-state index contributed by atoms with van der Waals surface area (Å²) >= 11 is 0. The predicted molar refractivity (Wildman–Crippen MR) is 126 cm³/mol. The number of methoxy groups -OCH3 is 1. The highest BCUT2D eigenvalue weighted by Gasteiger charge is 2.46. The van der Waals surface area contributed by atoms with Crippen molar-refractivity contribution in [1.29, 1.82) is 0 Å². The molecule has 5 rings (SSSR count). The highest BCUT2D eigenvalue weighted by atomic mass is 16.6. The summed E-state index contributed by atoms with van der Waals surface area (Å²) in [4.78, 5) is 27.9. The van der Waals surface area contributed by atoms with Gasteiger partial charge in [0, 0.05) is 12.1 Å². The number of aliphatic hydroxyl groups is 1. The quantitative estimate of drug-likeness (QED) is 0.330. The van der Waals surface area contributed by atoms with Crippen LogP contribution in [0, 0.1) is 0 Å². The van der Waals surface area contributed by atoms with Gasteiger partial charge in [0.1, 0.15) is 19.0 Å². The Morgan fingerprint density at radius 3 is 2.49 bits per heavy atom. The molecule has 178 valence electrons. The number of hydrogen-bond acceptors (Lipinski definition) is 7. The Kier molecular flexibility index (Phi) is 5.78. The molecule has 1 unspecified atom stereocenters. The highest BCUT2D eigenvalue weighted by Crippen LogP contribution is 2.43. The van der Waals surface area contributed by atoms with Crippen LogP contribution in [0.2, 0.25) is 0 Å². The van der Waals surface area contributed by atoms with Crippen LogP contribution in [0.1, 0.15) is 22.7 Å². The number of nitrogens with zero attached hydrogens (tertiary/aromatic N) is 1. The van der Waals surface area contributed by atoms with Gasteiger partial charge >= 0.3 is 0 Å². The van der Waals surface area contributed by atoms with Crippen molar-refractivity contribution >= 4 is 17.4 Å². The number of aliphatic hydroxyl groups excluding tert-OH is 1. The van der Waals surface area contributed by atoms with Crippen LogP contribution >= 0.6 is 0 Å². The van der Waals surface area contributed by atoms with Gasteiger partial charge in [-0.1, -0.05) is 36.4 Å². The fourth-order valence-electron chi connectivity index (χ4n) is 4.38. The van der Waals surface area contributed by atoms with E-state index in [2.05, 4.69) is 0 Å². The van der Waals surface area contributed by atoms with Crippen LogP contribution < -0.4 is 14.2 Å². The van der Waals surface area contributed by atoms with Crippen molar-refractivity contribution in [3.63, 3.8) is 0 Å². The summed E-state index contributed by atoms with van der Waals surface area (Å²) < 4.78 is 16.4. The van der Waals surface area contributed by atoms with Crippen LogP contribution in [0.5, 0.6) is 23.0 Å². The summed E-state index contributed by atoms with van der Waals surface area (Å²) in [7, 11) is 1.41. The van der Waals surface area contributed by atoms with Crippen LogP contribution in [0.3, 0.4) is 0 Å². The van der Waals surface area contributed by atoms with Gasteiger partial charge in [0.25, 0.3) is 11.7 Å². The Morgan fingerprint density at radius 2 is 1.74 bits per heavy atom. The predicted octanol–water partition coefficient (Wildman–Crippen LogP) is 3.79. The average molecular weight is 473 g/mol. The molecule has 8 heteroatoms. The molecule has 0 aromatic heterocycles. The maximum Gasteiger partial charge on any atom is 0.295 e. The maximum absolute atomic E-state index is 13.3. The van der Waals surface area contributed by atoms with Gasteiger partial charge in [-0.05, 0) is 41.5 Å². The van der Waals surface area contributed by atoms with E-state index in [1.807, 2.05) is 30.3 Å². The topological polar surface area (TPSA) is 106 Å². The maximum atomic E-state index is 13.3. The first-order chi connectivity index (χ1) is 17.0. The third-order valence-electron chi connectivity index (χ3n) is 6.07. The second kappa shape index (κ2) is 9.06. The van der Waals surface area contributed by atoms with Crippen molar-refractivity contribution in [2.24, 2.45) is 0 Å². The minimum Gasteiger partial charge on any atom is -0.507 e. The van der Waals surface area contributed by atoms with Gasteiger partial charge < -0.3 is 29.3 Å². The molecule has 1 fully saturated rings. The molecule has 0 spiro atoms. The summed E-state index contributed by atoms with van der Waals surface area (Å²) in [5, 5.41) is 21.4. The number of carbonyl (C=O) groups is 2. The van der Waals surface area contributed by atoms with Gasteiger partial charge in [-0.2, -0.15) is 0 Å². The number of Topliss-reactive ketones (excluding diaryl/α,β-unsaturated/α-hetero) is 1. The lowest BCUT2D eigenvalue weighted by Gasteiger charge is -2.26. The molecule has 0 saturated carbocycles. The van der Waals surface area contributed by atoms with E-state index in [1.165, 1.54) is 18.1 Å². The summed E-state index contributed by atoms with van der Waals surface area (Å²) in [6, 6.07) is 17.8. The van der Waals surface area contributed by atoms with Gasteiger partial charge in [-0.25, -0.2) is 0 Å². The molecular formula is C27H23NO7. The molecule has 2 aliphatic heterocycles. The fraction of sp³-hybridized carbons (Fsp3) is 0.185. The Morgan fingerprint density at radius 1 is 1.00 bits per heavy atom. The lowest BCUT2D eigenvalue weighted by atomic mass is 9.94. The molecule has 0 aliphatic carbocycles. The standard InChI is InChI=1S/C27H23NO7/c1-33-21-13-17(7-9-19(21)29)24-23(25(30)18-8-10-20-22(14-18)35-12-11-34-20)26(31)27(32)28(24)15-16-5-3-2-4-6-16/h2-10,13-14,24,29-30H,11-12,15H2,1H3/b25-23-. The van der Waals surface area contributed by atoms with Gasteiger partial charge in [0.05, 0.1) is 18.7 Å². The van der Waals surface area contributed by atoms with Crippen molar-refractivity contribution in [2.75, 3.05) is 20.3 Å². The zero-order valence-electron chi connectivity index (χ0n) is 18.9. The number of amides is 1. The number of benzene rings is 3. The van der Waals surface area contributed by atoms with E-state index in [1.54, 1.807) is 30.3 Å². The van der Waals surface area contributed by atoms with Crippen LogP contribution in [0.4, 0.5) is 0 Å². The van der Waals surface area contributed by atoms with E-state index in [4.69, 9.17) is 14.2 Å². The van der Waals surface area contributed by atoms with E-state index in [-0.39, 0.29) is 29.4 Å². The summed E-state index contributed by atoms with van der Waals surface area (Å²) in [5.74, 6) is -0.766. The van der Waals surface area contributed by atoms with Crippen molar-refractivity contribution in [2.45, 2.75) is 12.6 Å². The number of likely N-dealkylation sites (tertiary alicyclic amines) is 1. The number of hydrogen-bond donors (Lipinski definition) is 2. The van der Waals surface area contributed by atoms with Crippen molar-refractivity contribution in [3.8, 4) is 23.0 Å². The Balaban J connectivity index is 1.65. The molecule has 2 aliphatic rings. The minimum atomic E-state index is -0.905. The summed E-state index contributed by atoms with van der Waals surface area (Å²) in [5.41, 5.74) is 1.59. The highest BCUT2D eigenvalue weighted by molar-refractivity contribution is 6.46. The summed E-state index contributed by atoms with van der Waals surface area (Å²) in [6.07, 6.45) is 0. The van der Waals surface area contributed by atoms with E-state index >= 15 is 0 Å². The van der Waals surface area contributed by atoms with Crippen molar-refractivity contribution in [3.05, 3.63) is 89.0 Å². The van der Waals surface area contributed by atoms with Crippen LogP contribution in [0.25, 0.3) is 5.76 Å². The number of ketones is 1. The van der Waals surface area contributed by atoms with E-state index in [0.717, 1.165) is 5.56 Å². The van der Waals surface area contributed by atoms with E-state index in [9.17, 15) is 19.8 Å². The van der Waals surface area contributed by atoms with Crippen LogP contribution in [-0.4, -0.2) is 47.1 Å². The second-order valence-corrected chi connectivity index (χ2v) is 8.20. The smallest absolute Gasteiger partial charge is 0.295 e. The number of fused-ring (bicyclic) bond motifs is 1. The third-order valence-corrected chi connectivity index (χ3v) is 6.07. The SMILES string of the molecule is COc1cc(C2/C(=C(/O)c3ccc4c(c3)OCCO4)C(=O)C(=O)N2Cc2ccccc2)ccc1O. The Hall–Kier alpha value is -4.46. The minimum absolute atomic E-state index is 0.0599. The molecule has 2 N–H and O–H groups in total. The molecule has 3 aromatic rings. The average Bonchev–Trinajstić information content (AvgIpc) is 3.14. The van der Waals surface area contributed by atoms with Gasteiger partial charge in [0.15, 0.2) is 23.0 Å². The first-order valence-electron chi connectivity index (χ1n) is 11.1. The number of carbonyl (C=O) groups excluding carboxylic acids is 2. The first kappa shape index (κ1) is 22.3. The molecule has 2 heterocycles. The lowest BCUT2D eigenvalue weighted by Crippen LogP contribution is -2.29. The van der Waals surface area contributed by atoms with Crippen LogP contribution in [-0.2, 0) is 16.1 Å². The van der Waals surface area contributed by atoms with Gasteiger partial charge in [-0.3, -0.25) is 9.59 Å². The number of aromatic hydroxyl groups is 1. The van der Waals surface area contributed by atoms with Crippen LogP contribution in [0.15, 0.2) is 72.3 Å². The molecule has 1 saturated heterocycles. The van der Waals surface area contributed by atoms with E-state index < -0.39 is 17.7 Å². The molecule has 1 atom stereocenters. The zero-order chi connectivity index (χ0) is 24.5. The Labute approximate surface area is 201 Å². The molecule has 3 aromatic carbocycles. The molecule has 0 bridgehead atoms. The lowest BCUT2D eigenvalue weighted by molar-refractivity contribution is -0.140. The molecule has 35 heavy (non-hydrogen) atoms.